The van der Waals surface area contributed by atoms with Crippen molar-refractivity contribution in [2.75, 3.05) is 19.5 Å². The van der Waals surface area contributed by atoms with E-state index in [2.05, 4.69) is 4.74 Å². The van der Waals surface area contributed by atoms with Crippen LogP contribution >= 0.6 is 11.8 Å². The largest absolute Gasteiger partial charge is 0.516 e. The van der Waals surface area contributed by atoms with E-state index < -0.39 is 29.4 Å². The Bertz CT molecular complexity index is 413. The molecule has 0 saturated carbocycles. The van der Waals surface area contributed by atoms with E-state index >= 15 is 0 Å². The third-order valence-electron chi connectivity index (χ3n) is 3.07. The van der Waals surface area contributed by atoms with Gasteiger partial charge in [-0.15, -0.1) is 0 Å². The third kappa shape index (κ3) is 5.51. The Morgan fingerprint density at radius 1 is 1.09 bits per heavy atom. The summed E-state index contributed by atoms with van der Waals surface area (Å²) in [5, 5.41) is 0. The predicted octanol–water partition coefficient (Wildman–Crippen LogP) is 3.03. The molecule has 1 unspecified atom stereocenters. The number of rotatable bonds is 6. The maximum absolute atomic E-state index is 12.5. The first kappa shape index (κ1) is 20.8. The zero-order chi connectivity index (χ0) is 17.6. The monoisotopic (exact) mass is 334 g/mol. The van der Waals surface area contributed by atoms with E-state index in [9.17, 15) is 14.4 Å². The SMILES string of the molecule is CCOC(=O)OC(=O)C(CSC(C)(C)C)(C(=O)OC)C(C)C. The zero-order valence-electron chi connectivity index (χ0n) is 14.3. The second kappa shape index (κ2) is 8.41. The minimum absolute atomic E-state index is 0.0791. The van der Waals surface area contributed by atoms with Crippen LogP contribution in [-0.4, -0.2) is 42.3 Å². The Morgan fingerprint density at radius 3 is 2.00 bits per heavy atom. The molecule has 0 aromatic carbocycles. The van der Waals surface area contributed by atoms with E-state index in [-0.39, 0.29) is 17.1 Å². The highest BCUT2D eigenvalue weighted by Gasteiger charge is 2.52. The van der Waals surface area contributed by atoms with Gasteiger partial charge < -0.3 is 14.2 Å². The molecule has 0 N–H and O–H groups in total. The first-order chi connectivity index (χ1) is 10.0. The number of hydrogen-bond donors (Lipinski definition) is 0. The van der Waals surface area contributed by atoms with Crippen LogP contribution in [0.4, 0.5) is 4.79 Å². The van der Waals surface area contributed by atoms with Gasteiger partial charge in [-0.3, -0.25) is 9.59 Å². The highest BCUT2D eigenvalue weighted by molar-refractivity contribution is 8.00. The summed E-state index contributed by atoms with van der Waals surface area (Å²) >= 11 is 1.43. The highest BCUT2D eigenvalue weighted by atomic mass is 32.2. The average Bonchev–Trinajstić information content (AvgIpc) is 2.37. The molecular formula is C15H26O6S. The summed E-state index contributed by atoms with van der Waals surface area (Å²) in [7, 11) is 1.21. The highest BCUT2D eigenvalue weighted by Crippen LogP contribution is 2.39. The average molecular weight is 334 g/mol. The molecule has 0 amide bonds. The van der Waals surface area contributed by atoms with Crippen LogP contribution in [-0.2, 0) is 23.8 Å². The number of carbonyl (C=O) groups excluding carboxylic acids is 3. The first-order valence-electron chi connectivity index (χ1n) is 7.12. The van der Waals surface area contributed by atoms with Crippen molar-refractivity contribution in [2.24, 2.45) is 11.3 Å². The fraction of sp³-hybridized carbons (Fsp3) is 0.800. The van der Waals surface area contributed by atoms with E-state index in [1.807, 2.05) is 20.8 Å². The number of methoxy groups -OCH3 is 1. The van der Waals surface area contributed by atoms with Crippen molar-refractivity contribution in [2.45, 2.75) is 46.3 Å². The smallest absolute Gasteiger partial charge is 0.468 e. The van der Waals surface area contributed by atoms with Gasteiger partial charge in [0.15, 0.2) is 5.41 Å². The molecule has 0 fully saturated rings. The van der Waals surface area contributed by atoms with Crippen molar-refractivity contribution < 1.29 is 28.6 Å². The summed E-state index contributed by atoms with van der Waals surface area (Å²) in [6, 6.07) is 0. The van der Waals surface area contributed by atoms with Gasteiger partial charge in [0.25, 0.3) is 0 Å². The van der Waals surface area contributed by atoms with Crippen LogP contribution in [0.3, 0.4) is 0 Å². The van der Waals surface area contributed by atoms with Crippen molar-refractivity contribution >= 4 is 29.9 Å². The Labute approximate surface area is 136 Å². The molecule has 6 nitrogen and oxygen atoms in total. The lowest BCUT2D eigenvalue weighted by Crippen LogP contribution is -2.49. The minimum atomic E-state index is -1.56. The summed E-state index contributed by atoms with van der Waals surface area (Å²) in [4.78, 5) is 36.2. The molecular weight excluding hydrogens is 308 g/mol. The molecule has 0 aromatic heterocycles. The lowest BCUT2D eigenvalue weighted by Gasteiger charge is -2.33. The molecule has 0 spiro atoms. The quantitative estimate of drug-likeness (QED) is 0.545. The summed E-state index contributed by atoms with van der Waals surface area (Å²) in [5.74, 6) is -1.91. The Balaban J connectivity index is 5.49. The van der Waals surface area contributed by atoms with E-state index in [0.717, 1.165) is 0 Å². The van der Waals surface area contributed by atoms with Gasteiger partial charge in [-0.2, -0.15) is 11.8 Å². The van der Waals surface area contributed by atoms with Crippen LogP contribution in [0.25, 0.3) is 0 Å². The van der Waals surface area contributed by atoms with Gasteiger partial charge in [0, 0.05) is 10.5 Å². The summed E-state index contributed by atoms with van der Waals surface area (Å²) < 4.78 is 13.9. The van der Waals surface area contributed by atoms with Gasteiger partial charge in [-0.1, -0.05) is 34.6 Å². The Hall–Kier alpha value is -1.24. The van der Waals surface area contributed by atoms with Crippen LogP contribution in [0, 0.1) is 11.3 Å². The van der Waals surface area contributed by atoms with Crippen LogP contribution in [0.2, 0.25) is 0 Å². The molecule has 0 radical (unpaired) electrons. The van der Waals surface area contributed by atoms with Crippen molar-refractivity contribution in [3.05, 3.63) is 0 Å². The molecule has 0 aliphatic heterocycles. The molecule has 128 valence electrons. The molecule has 0 heterocycles. The van der Waals surface area contributed by atoms with E-state index in [4.69, 9.17) is 9.47 Å². The topological polar surface area (TPSA) is 78.9 Å². The van der Waals surface area contributed by atoms with Crippen molar-refractivity contribution in [1.29, 1.82) is 0 Å². The van der Waals surface area contributed by atoms with Gasteiger partial charge in [0.2, 0.25) is 0 Å². The summed E-state index contributed by atoms with van der Waals surface area (Å²) in [6.07, 6.45) is -1.11. The molecule has 7 heteroatoms. The second-order valence-electron chi connectivity index (χ2n) is 6.09. The lowest BCUT2D eigenvalue weighted by atomic mass is 9.79. The Morgan fingerprint density at radius 2 is 1.64 bits per heavy atom. The molecule has 0 aromatic rings. The minimum Gasteiger partial charge on any atom is -0.468 e. The predicted molar refractivity (Wildman–Crippen MR) is 84.6 cm³/mol. The number of carbonyl (C=O) groups is 3. The van der Waals surface area contributed by atoms with Crippen molar-refractivity contribution in [3.8, 4) is 0 Å². The molecule has 0 aliphatic carbocycles. The molecule has 22 heavy (non-hydrogen) atoms. The van der Waals surface area contributed by atoms with E-state index in [1.165, 1.54) is 18.9 Å². The number of thioether (sulfide) groups is 1. The summed E-state index contributed by atoms with van der Waals surface area (Å²) in [5.41, 5.74) is -1.56. The maximum Gasteiger partial charge on any atom is 0.516 e. The standard InChI is InChI=1S/C15H26O6S/c1-8-20-13(18)21-12(17)15(10(2)3,11(16)19-7)9-22-14(4,5)6/h10H,8-9H2,1-7H3. The number of hydrogen-bond acceptors (Lipinski definition) is 7. The molecule has 1 atom stereocenters. The van der Waals surface area contributed by atoms with E-state index in [0.29, 0.717) is 0 Å². The van der Waals surface area contributed by atoms with Crippen LogP contribution < -0.4 is 0 Å². The fourth-order valence-corrected chi connectivity index (χ4v) is 2.90. The molecule has 0 aliphatic rings. The first-order valence-corrected chi connectivity index (χ1v) is 8.11. The van der Waals surface area contributed by atoms with Crippen molar-refractivity contribution in [1.82, 2.24) is 0 Å². The molecule has 0 rings (SSSR count). The van der Waals surface area contributed by atoms with Gasteiger partial charge in [-0.25, -0.2) is 4.79 Å². The van der Waals surface area contributed by atoms with E-state index in [1.54, 1.807) is 20.8 Å². The fourth-order valence-electron chi connectivity index (χ4n) is 1.67. The van der Waals surface area contributed by atoms with Gasteiger partial charge in [-0.05, 0) is 12.8 Å². The molecule has 0 saturated heterocycles. The Kier molecular flexibility index (Phi) is 7.93. The normalized spacial score (nSPS) is 14.2. The van der Waals surface area contributed by atoms with Crippen LogP contribution in [0.5, 0.6) is 0 Å². The van der Waals surface area contributed by atoms with Crippen LogP contribution in [0.15, 0.2) is 0 Å². The lowest BCUT2D eigenvalue weighted by molar-refractivity contribution is -0.169. The number of ether oxygens (including phenoxy) is 3. The zero-order valence-corrected chi connectivity index (χ0v) is 15.2. The van der Waals surface area contributed by atoms with Crippen molar-refractivity contribution in [3.63, 3.8) is 0 Å². The number of esters is 2. The van der Waals surface area contributed by atoms with Gasteiger partial charge in [0.1, 0.15) is 0 Å². The van der Waals surface area contributed by atoms with Crippen LogP contribution in [0.1, 0.15) is 41.5 Å². The van der Waals surface area contributed by atoms with Gasteiger partial charge in [0.05, 0.1) is 13.7 Å². The summed E-state index contributed by atoms with van der Waals surface area (Å²) in [6.45, 7) is 11.0. The third-order valence-corrected chi connectivity index (χ3v) is 4.54. The second-order valence-corrected chi connectivity index (χ2v) is 7.89. The maximum atomic E-state index is 12.5. The van der Waals surface area contributed by atoms with Gasteiger partial charge >= 0.3 is 18.1 Å². The molecule has 0 bridgehead atoms.